The molecule has 2 rings (SSSR count). The van der Waals surface area contributed by atoms with Crippen molar-refractivity contribution in [1.82, 2.24) is 63.8 Å². The van der Waals surface area contributed by atoms with Gasteiger partial charge >= 0.3 is 0 Å². The molecule has 0 fully saturated rings. The molecule has 2 aromatic rings. The number of aliphatic hydroxyl groups excluding tert-OH is 2. The van der Waals surface area contributed by atoms with Gasteiger partial charge in [0.1, 0.15) is 54.4 Å². The van der Waals surface area contributed by atoms with Crippen LogP contribution in [0.5, 0.6) is 0 Å². The fraction of sp³-hybridized carbons (Fsp3) is 0.557. The third-order valence-corrected chi connectivity index (χ3v) is 14.7. The summed E-state index contributed by atoms with van der Waals surface area (Å²) in [5.41, 5.74) is 52.1. The van der Waals surface area contributed by atoms with E-state index in [9.17, 15) is 72.5 Å². The molecule has 99 heavy (non-hydrogen) atoms. The molecule has 13 amide bonds. The van der Waals surface area contributed by atoms with Crippen molar-refractivity contribution in [3.8, 4) is 0 Å². The van der Waals surface area contributed by atoms with E-state index < -0.39 is 170 Å². The first kappa shape index (κ1) is 84.8. The molecule has 0 aromatic heterocycles. The number of carbonyl (C=O) groups excluding carboxylic acids is 13. The molecule has 0 aliphatic carbocycles. The van der Waals surface area contributed by atoms with Crippen LogP contribution in [0, 0.1) is 0 Å². The molecule has 0 saturated heterocycles. The van der Waals surface area contributed by atoms with Crippen LogP contribution in [0.1, 0.15) is 96.1 Å². The number of nitrogens with zero attached hydrogens (tertiary/aromatic N) is 2. The van der Waals surface area contributed by atoms with Crippen LogP contribution in [0.2, 0.25) is 0 Å². The number of nitrogens with two attached hydrogens (primary N) is 9. The summed E-state index contributed by atoms with van der Waals surface area (Å²) in [7, 11) is 0. The zero-order valence-electron chi connectivity index (χ0n) is 56.0. The Labute approximate surface area is 573 Å². The minimum absolute atomic E-state index is 0.0294. The lowest BCUT2D eigenvalue weighted by molar-refractivity contribution is -0.136. The molecule has 0 heterocycles. The van der Waals surface area contributed by atoms with Crippen molar-refractivity contribution in [3.05, 3.63) is 65.7 Å². The summed E-state index contributed by atoms with van der Waals surface area (Å²) < 4.78 is 0. The molecule has 0 aliphatic heterocycles. The van der Waals surface area contributed by atoms with Gasteiger partial charge in [-0.2, -0.15) is 0 Å². The van der Waals surface area contributed by atoms with Crippen molar-refractivity contribution in [3.63, 3.8) is 0 Å². The first-order valence-electron chi connectivity index (χ1n) is 32.2. The molecule has 38 heteroatoms. The van der Waals surface area contributed by atoms with E-state index in [0.29, 0.717) is 37.1 Å². The smallest absolute Gasteiger partial charge is 0.245 e. The largest absolute Gasteiger partial charge is 0.399 e. The van der Waals surface area contributed by atoms with E-state index in [1.807, 2.05) is 0 Å². The average molecular weight is 1400 g/mol. The van der Waals surface area contributed by atoms with Gasteiger partial charge in [0.25, 0.3) is 0 Å². The number of rotatable bonds is 47. The third kappa shape index (κ3) is 34.5. The minimum Gasteiger partial charge on any atom is -0.399 e. The number of guanidine groups is 2. The van der Waals surface area contributed by atoms with Crippen LogP contribution < -0.4 is 115 Å². The van der Waals surface area contributed by atoms with Gasteiger partial charge in [0.2, 0.25) is 76.8 Å². The van der Waals surface area contributed by atoms with Crippen LogP contribution in [0.15, 0.2) is 64.6 Å². The molecule has 0 aliphatic rings. The molecular weight excluding hydrogens is 1290 g/mol. The number of benzene rings is 2. The Hall–Kier alpha value is -10.3. The average Bonchev–Trinajstić information content (AvgIpc) is 0.887. The molecule has 38 nitrogen and oxygen atoms in total. The third-order valence-electron chi connectivity index (χ3n) is 14.7. The molecular formula is C61H101N23O15. The van der Waals surface area contributed by atoms with Crippen LogP contribution in [0.4, 0.5) is 5.69 Å². The number of nitrogens with one attached hydrogen (secondary N) is 12. The fourth-order valence-corrected chi connectivity index (χ4v) is 9.21. The molecule has 11 atom stereocenters. The van der Waals surface area contributed by atoms with Crippen LogP contribution in [0.25, 0.3) is 0 Å². The van der Waals surface area contributed by atoms with Crippen molar-refractivity contribution in [2.24, 2.45) is 55.9 Å². The van der Waals surface area contributed by atoms with Gasteiger partial charge in [0.05, 0.1) is 38.4 Å². The number of nitrogen functional groups attached to an aromatic ring is 1. The molecule has 550 valence electrons. The highest BCUT2D eigenvalue weighted by Crippen LogP contribution is 2.11. The Balaban J connectivity index is 2.19. The first-order valence-corrected chi connectivity index (χ1v) is 32.2. The fourth-order valence-electron chi connectivity index (χ4n) is 9.21. The van der Waals surface area contributed by atoms with E-state index in [-0.39, 0.29) is 89.3 Å². The highest BCUT2D eigenvalue weighted by atomic mass is 16.3. The molecule has 0 saturated carbocycles. The topological polar surface area (TPSA) is 666 Å². The van der Waals surface area contributed by atoms with Crippen molar-refractivity contribution in [2.75, 3.05) is 58.2 Å². The number of carbonyl (C=O) groups is 13. The Morgan fingerprint density at radius 1 is 0.424 bits per heavy atom. The first-order chi connectivity index (χ1) is 46.9. The van der Waals surface area contributed by atoms with Crippen molar-refractivity contribution >= 4 is 94.4 Å². The van der Waals surface area contributed by atoms with Crippen molar-refractivity contribution in [1.29, 1.82) is 0 Å². The van der Waals surface area contributed by atoms with Crippen LogP contribution in [-0.2, 0) is 75.2 Å². The summed E-state index contributed by atoms with van der Waals surface area (Å²) in [5.74, 6) is -12.2. The molecule has 0 bridgehead atoms. The second-order valence-corrected chi connectivity index (χ2v) is 23.2. The summed E-state index contributed by atoms with van der Waals surface area (Å²) in [5, 5.41) is 50.0. The number of hydrogen-bond acceptors (Lipinski definition) is 21. The van der Waals surface area contributed by atoms with Gasteiger partial charge in [-0.3, -0.25) is 72.3 Å². The second-order valence-electron chi connectivity index (χ2n) is 23.2. The standard InChI is InChI=1S/C61H101N23O15/c1-33(76-47(88)31-75-59(99)49(35(3)86)84-57(97)44(28-37-19-21-38(64)22-20-37)78-48(89)30-73-46(87)29-74-53(93)39(65)27-36-13-5-4-6-14-36)51(91)80-43(18-12-26-72-61(69)70)55(95)82-41(16-8-10-24-63)56(96)83-45(32-85)58(98)77-34(2)52(92)81-42(17-11-25-71-60(67)68)54(94)79-40(50(66)90)15-7-9-23-62/h4-6,13-14,19-22,33-35,39-45,49,85-86H,7-12,15-18,23-32,62-65H2,1-3H3,(H2,66,90)(H,73,87)(H,74,93)(H,75,99)(H,76,88)(H,77,98)(H,78,89)(H,79,94)(H,80,91)(H,81,92)(H,82,95)(H,83,96)(H,84,97)(H4,67,68,71)(H4,69,70,72)/t33-,34-,35+,39-,40-,41-,42-,43-,44-,45-,49-/m0/s1. The number of primary amides is 1. The highest BCUT2D eigenvalue weighted by Gasteiger charge is 2.34. The lowest BCUT2D eigenvalue weighted by atomic mass is 10.0. The van der Waals surface area contributed by atoms with Gasteiger partial charge in [-0.25, -0.2) is 0 Å². The lowest BCUT2D eigenvalue weighted by Gasteiger charge is -2.26. The molecule has 0 spiro atoms. The van der Waals surface area contributed by atoms with E-state index in [1.54, 1.807) is 42.5 Å². The zero-order chi connectivity index (χ0) is 74.1. The molecule has 0 radical (unpaired) electrons. The van der Waals surface area contributed by atoms with Gasteiger partial charge in [0, 0.05) is 25.2 Å². The SMILES string of the molecule is C[C@H](NC(=O)CNC(=O)[C@@H](NC(=O)[C@H](Cc1ccc(N)cc1)NC(=O)CNC(=O)CNC(=O)[C@@H](N)Cc1ccccc1)[C@@H](C)O)C(=O)N[C@@H](CCCN=C(N)N)C(=O)N[C@@H](CCCCN)C(=O)N[C@@H](CO)C(=O)N[C@@H](C)C(=O)N[C@@H](CCCN=C(N)N)C(=O)N[C@@H](CCCCN)C(N)=O. The van der Waals surface area contributed by atoms with Gasteiger partial charge < -0.3 is 126 Å². The number of aliphatic hydroxyl groups is 2. The maximum atomic E-state index is 14.1. The summed E-state index contributed by atoms with van der Waals surface area (Å²) in [6, 6.07) is 1.13. The summed E-state index contributed by atoms with van der Waals surface area (Å²) in [6.45, 7) is 1.14. The summed E-state index contributed by atoms with van der Waals surface area (Å²) in [4.78, 5) is 181. The Morgan fingerprint density at radius 2 is 0.838 bits per heavy atom. The number of hydrogen-bond donors (Lipinski definition) is 23. The molecule has 0 unspecified atom stereocenters. The van der Waals surface area contributed by atoms with Gasteiger partial charge in [-0.15, -0.1) is 0 Å². The number of unbranched alkanes of at least 4 members (excludes halogenated alkanes) is 2. The molecule has 2 aromatic carbocycles. The minimum atomic E-state index is -1.74. The lowest BCUT2D eigenvalue weighted by Crippen LogP contribution is -2.60. The summed E-state index contributed by atoms with van der Waals surface area (Å²) in [6.07, 6.45) is 0.129. The summed E-state index contributed by atoms with van der Waals surface area (Å²) >= 11 is 0. The van der Waals surface area contributed by atoms with Crippen LogP contribution >= 0.6 is 0 Å². The van der Waals surface area contributed by atoms with Crippen LogP contribution in [0.3, 0.4) is 0 Å². The van der Waals surface area contributed by atoms with Gasteiger partial charge in [0.15, 0.2) is 11.9 Å². The normalized spacial score (nSPS) is 14.2. The second kappa shape index (κ2) is 46.0. The van der Waals surface area contributed by atoms with Crippen molar-refractivity contribution in [2.45, 2.75) is 164 Å². The number of anilines is 1. The van der Waals surface area contributed by atoms with E-state index in [0.717, 1.165) is 12.5 Å². The van der Waals surface area contributed by atoms with E-state index in [1.165, 1.54) is 26.0 Å². The van der Waals surface area contributed by atoms with E-state index in [4.69, 9.17) is 51.6 Å². The van der Waals surface area contributed by atoms with Gasteiger partial charge in [-0.1, -0.05) is 42.5 Å². The monoisotopic (exact) mass is 1400 g/mol. The van der Waals surface area contributed by atoms with E-state index >= 15 is 0 Å². The molecule has 32 N–H and O–H groups in total. The number of aliphatic imine (C=N–C) groups is 2. The maximum absolute atomic E-state index is 14.1. The quantitative estimate of drug-likeness (QED) is 0.0127. The van der Waals surface area contributed by atoms with Crippen LogP contribution in [-0.4, -0.2) is 218 Å². The Bertz CT molecular complexity index is 3040. The van der Waals surface area contributed by atoms with E-state index in [2.05, 4.69) is 73.8 Å². The Morgan fingerprint density at radius 3 is 1.33 bits per heavy atom. The predicted molar refractivity (Wildman–Crippen MR) is 364 cm³/mol. The Kier molecular flexibility index (Phi) is 39.4. The predicted octanol–water partition coefficient (Wildman–Crippen LogP) is -9.64. The number of amides is 13. The van der Waals surface area contributed by atoms with Gasteiger partial charge in [-0.05, 0) is 128 Å². The van der Waals surface area contributed by atoms with Crippen molar-refractivity contribution < 1.29 is 72.5 Å². The highest BCUT2D eigenvalue weighted by molar-refractivity contribution is 5.99. The maximum Gasteiger partial charge on any atom is 0.245 e. The zero-order valence-corrected chi connectivity index (χ0v) is 56.0.